The van der Waals surface area contributed by atoms with E-state index in [1.807, 2.05) is 13.8 Å². The fourth-order valence-electron chi connectivity index (χ4n) is 2.34. The second-order valence-electron chi connectivity index (χ2n) is 4.91. The molecule has 1 atom stereocenters. The molecule has 1 unspecified atom stereocenters. The van der Waals surface area contributed by atoms with E-state index in [0.29, 0.717) is 13.0 Å². The quantitative estimate of drug-likeness (QED) is 0.851. The number of aliphatic carboxylic acids is 1. The summed E-state index contributed by atoms with van der Waals surface area (Å²) in [7, 11) is 0. The first kappa shape index (κ1) is 14.6. The third-order valence-corrected chi connectivity index (χ3v) is 3.61. The predicted octanol–water partition coefficient (Wildman–Crippen LogP) is 1.38. The SMILES string of the molecule is CCc1cc(C(=O)NC2(C(=O)O)CCOC2)oc1CC. The lowest BCUT2D eigenvalue weighted by Crippen LogP contribution is -2.55. The Hall–Kier alpha value is -1.82. The summed E-state index contributed by atoms with van der Waals surface area (Å²) >= 11 is 0. The molecule has 2 heterocycles. The maximum Gasteiger partial charge on any atom is 0.331 e. The van der Waals surface area contributed by atoms with Gasteiger partial charge in [-0.25, -0.2) is 4.79 Å². The molecule has 0 spiro atoms. The van der Waals surface area contributed by atoms with Gasteiger partial charge in [-0.3, -0.25) is 4.79 Å². The minimum Gasteiger partial charge on any atom is -0.479 e. The summed E-state index contributed by atoms with van der Waals surface area (Å²) in [6.45, 7) is 4.24. The topological polar surface area (TPSA) is 88.8 Å². The van der Waals surface area contributed by atoms with Crippen LogP contribution >= 0.6 is 0 Å². The van der Waals surface area contributed by atoms with Crippen molar-refractivity contribution in [1.82, 2.24) is 5.32 Å². The Morgan fingerprint density at radius 1 is 1.40 bits per heavy atom. The van der Waals surface area contributed by atoms with E-state index in [-0.39, 0.29) is 18.8 Å². The number of amides is 1. The smallest absolute Gasteiger partial charge is 0.331 e. The maximum absolute atomic E-state index is 12.2. The van der Waals surface area contributed by atoms with E-state index in [1.54, 1.807) is 6.07 Å². The number of ether oxygens (including phenoxy) is 1. The van der Waals surface area contributed by atoms with Gasteiger partial charge in [0.25, 0.3) is 5.91 Å². The highest BCUT2D eigenvalue weighted by Crippen LogP contribution is 2.22. The lowest BCUT2D eigenvalue weighted by Gasteiger charge is -2.22. The number of carboxylic acid groups (broad SMARTS) is 1. The van der Waals surface area contributed by atoms with Gasteiger partial charge in [-0.2, -0.15) is 0 Å². The third kappa shape index (κ3) is 2.56. The first-order chi connectivity index (χ1) is 9.52. The van der Waals surface area contributed by atoms with Crippen molar-refractivity contribution in [2.75, 3.05) is 13.2 Å². The summed E-state index contributed by atoms with van der Waals surface area (Å²) in [6, 6.07) is 1.68. The Morgan fingerprint density at radius 3 is 2.60 bits per heavy atom. The van der Waals surface area contributed by atoms with Gasteiger partial charge in [0.15, 0.2) is 11.3 Å². The fraction of sp³-hybridized carbons (Fsp3) is 0.571. The van der Waals surface area contributed by atoms with Gasteiger partial charge in [0.2, 0.25) is 0 Å². The van der Waals surface area contributed by atoms with Crippen LogP contribution in [0, 0.1) is 0 Å². The van der Waals surface area contributed by atoms with Crippen LogP contribution in [0.1, 0.15) is 42.1 Å². The molecule has 2 N–H and O–H groups in total. The molecule has 110 valence electrons. The summed E-state index contributed by atoms with van der Waals surface area (Å²) in [4.78, 5) is 23.5. The van der Waals surface area contributed by atoms with Gasteiger partial charge in [0.1, 0.15) is 5.76 Å². The van der Waals surface area contributed by atoms with Crippen LogP contribution < -0.4 is 5.32 Å². The second kappa shape index (κ2) is 5.66. The van der Waals surface area contributed by atoms with Crippen molar-refractivity contribution < 1.29 is 23.8 Å². The van der Waals surface area contributed by atoms with Crippen molar-refractivity contribution in [2.24, 2.45) is 0 Å². The second-order valence-corrected chi connectivity index (χ2v) is 4.91. The van der Waals surface area contributed by atoms with Crippen molar-refractivity contribution in [2.45, 2.75) is 38.6 Å². The van der Waals surface area contributed by atoms with Gasteiger partial charge < -0.3 is 19.6 Å². The van der Waals surface area contributed by atoms with Gasteiger partial charge in [-0.1, -0.05) is 13.8 Å². The number of carbonyl (C=O) groups is 2. The number of carbonyl (C=O) groups excluding carboxylic acids is 1. The summed E-state index contributed by atoms with van der Waals surface area (Å²) in [6.07, 6.45) is 1.73. The van der Waals surface area contributed by atoms with Crippen LogP contribution in [-0.4, -0.2) is 35.7 Å². The molecule has 0 saturated carbocycles. The lowest BCUT2D eigenvalue weighted by atomic mass is 9.99. The highest BCUT2D eigenvalue weighted by atomic mass is 16.5. The average molecular weight is 281 g/mol. The first-order valence-electron chi connectivity index (χ1n) is 6.77. The number of furan rings is 1. The number of hydrogen-bond donors (Lipinski definition) is 2. The highest BCUT2D eigenvalue weighted by molar-refractivity contribution is 5.96. The fourth-order valence-corrected chi connectivity index (χ4v) is 2.34. The van der Waals surface area contributed by atoms with E-state index < -0.39 is 17.4 Å². The Balaban J connectivity index is 2.19. The van der Waals surface area contributed by atoms with Crippen molar-refractivity contribution in [1.29, 1.82) is 0 Å². The molecule has 1 aliphatic rings. The number of carboxylic acids is 1. The van der Waals surface area contributed by atoms with Gasteiger partial charge in [0, 0.05) is 19.4 Å². The molecule has 1 fully saturated rings. The van der Waals surface area contributed by atoms with Crippen LogP contribution in [0.4, 0.5) is 0 Å². The van der Waals surface area contributed by atoms with Gasteiger partial charge >= 0.3 is 5.97 Å². The molecule has 1 amide bonds. The normalized spacial score (nSPS) is 21.9. The summed E-state index contributed by atoms with van der Waals surface area (Å²) in [5.41, 5.74) is -0.368. The molecule has 1 aromatic heterocycles. The first-order valence-corrected chi connectivity index (χ1v) is 6.77. The number of nitrogens with one attached hydrogen (secondary N) is 1. The van der Waals surface area contributed by atoms with E-state index in [4.69, 9.17) is 9.15 Å². The number of aryl methyl sites for hydroxylation is 2. The molecule has 0 bridgehead atoms. The summed E-state index contributed by atoms with van der Waals surface area (Å²) < 4.78 is 10.6. The monoisotopic (exact) mass is 281 g/mol. The van der Waals surface area contributed by atoms with Crippen molar-refractivity contribution in [3.05, 3.63) is 23.2 Å². The maximum atomic E-state index is 12.2. The van der Waals surface area contributed by atoms with Gasteiger partial charge in [-0.05, 0) is 18.1 Å². The Bertz CT molecular complexity index is 492. The van der Waals surface area contributed by atoms with Crippen LogP contribution in [0.2, 0.25) is 0 Å². The number of hydrogen-bond acceptors (Lipinski definition) is 4. The van der Waals surface area contributed by atoms with Crippen LogP contribution in [0.25, 0.3) is 0 Å². The largest absolute Gasteiger partial charge is 0.479 e. The van der Waals surface area contributed by atoms with E-state index in [0.717, 1.165) is 17.7 Å². The van der Waals surface area contributed by atoms with Crippen LogP contribution in [0.3, 0.4) is 0 Å². The average Bonchev–Trinajstić information content (AvgIpc) is 3.04. The minimum absolute atomic E-state index is 0.0178. The molecule has 2 rings (SSSR count). The standard InChI is InChI=1S/C14H19NO5/c1-3-9-7-11(20-10(9)4-2)12(16)15-14(13(17)18)5-6-19-8-14/h7H,3-6,8H2,1-2H3,(H,15,16)(H,17,18). The van der Waals surface area contributed by atoms with Crippen LogP contribution in [0.5, 0.6) is 0 Å². The van der Waals surface area contributed by atoms with Crippen molar-refractivity contribution in [3.63, 3.8) is 0 Å². The Morgan fingerprint density at radius 2 is 2.15 bits per heavy atom. The molecule has 1 saturated heterocycles. The van der Waals surface area contributed by atoms with E-state index in [1.165, 1.54) is 0 Å². The van der Waals surface area contributed by atoms with Gasteiger partial charge in [0.05, 0.1) is 6.61 Å². The zero-order chi connectivity index (χ0) is 14.8. The van der Waals surface area contributed by atoms with Crippen LogP contribution in [-0.2, 0) is 22.4 Å². The van der Waals surface area contributed by atoms with Crippen molar-refractivity contribution in [3.8, 4) is 0 Å². The molecule has 0 aromatic carbocycles. The summed E-state index contributed by atoms with van der Waals surface area (Å²) in [5.74, 6) is -0.662. The summed E-state index contributed by atoms with van der Waals surface area (Å²) in [5, 5.41) is 11.8. The number of rotatable bonds is 5. The van der Waals surface area contributed by atoms with Crippen LogP contribution in [0.15, 0.2) is 10.5 Å². The minimum atomic E-state index is -1.34. The highest BCUT2D eigenvalue weighted by Gasteiger charge is 2.44. The van der Waals surface area contributed by atoms with E-state index >= 15 is 0 Å². The molecule has 0 radical (unpaired) electrons. The lowest BCUT2D eigenvalue weighted by molar-refractivity contribution is -0.144. The molecule has 1 aromatic rings. The third-order valence-electron chi connectivity index (χ3n) is 3.61. The predicted molar refractivity (Wildman–Crippen MR) is 70.7 cm³/mol. The molecular weight excluding hydrogens is 262 g/mol. The van der Waals surface area contributed by atoms with Crippen molar-refractivity contribution >= 4 is 11.9 Å². The molecule has 20 heavy (non-hydrogen) atoms. The molecule has 0 aliphatic carbocycles. The molecule has 6 nitrogen and oxygen atoms in total. The van der Waals surface area contributed by atoms with Gasteiger partial charge in [-0.15, -0.1) is 0 Å². The van der Waals surface area contributed by atoms with E-state index in [9.17, 15) is 14.7 Å². The Labute approximate surface area is 117 Å². The molecule has 1 aliphatic heterocycles. The zero-order valence-electron chi connectivity index (χ0n) is 11.7. The molecular formula is C14H19NO5. The molecule has 6 heteroatoms. The Kier molecular flexibility index (Phi) is 4.13. The zero-order valence-corrected chi connectivity index (χ0v) is 11.7. The van der Waals surface area contributed by atoms with E-state index in [2.05, 4.69) is 5.32 Å².